The van der Waals surface area contributed by atoms with Gasteiger partial charge in [-0.25, -0.2) is 9.18 Å². The fourth-order valence-corrected chi connectivity index (χ4v) is 2.24. The van der Waals surface area contributed by atoms with E-state index in [1.807, 2.05) is 0 Å². The number of para-hydroxylation sites is 1. The van der Waals surface area contributed by atoms with Crippen molar-refractivity contribution in [3.63, 3.8) is 0 Å². The van der Waals surface area contributed by atoms with Crippen molar-refractivity contribution in [2.75, 3.05) is 0 Å². The van der Waals surface area contributed by atoms with Crippen molar-refractivity contribution in [1.82, 2.24) is 0 Å². The van der Waals surface area contributed by atoms with E-state index in [0.717, 1.165) is 0 Å². The number of nitro groups is 1. The Hall–Kier alpha value is -3.02. The van der Waals surface area contributed by atoms with Crippen LogP contribution in [0.15, 0.2) is 54.6 Å². The number of ether oxygens (including phenoxy) is 1. The van der Waals surface area contributed by atoms with Crippen LogP contribution in [0.1, 0.15) is 31.1 Å². The van der Waals surface area contributed by atoms with Crippen LogP contribution >= 0.6 is 0 Å². The van der Waals surface area contributed by atoms with Gasteiger partial charge in [-0.05, 0) is 43.2 Å². The summed E-state index contributed by atoms with van der Waals surface area (Å²) in [6, 6.07) is 11.8. The molecule has 0 radical (unpaired) electrons. The molecule has 0 bridgehead atoms. The maximum absolute atomic E-state index is 12.9. The van der Waals surface area contributed by atoms with Crippen LogP contribution in [-0.4, -0.2) is 10.9 Å². The van der Waals surface area contributed by atoms with E-state index in [1.54, 1.807) is 44.2 Å². The Labute approximate surface area is 138 Å². The zero-order valence-electron chi connectivity index (χ0n) is 13.2. The van der Waals surface area contributed by atoms with Crippen molar-refractivity contribution < 1.29 is 18.8 Å². The maximum Gasteiger partial charge on any atom is 0.331 e. The monoisotopic (exact) mass is 329 g/mol. The molecule has 24 heavy (non-hydrogen) atoms. The second kappa shape index (κ2) is 7.50. The number of halogens is 1. The average molecular weight is 329 g/mol. The predicted octanol–water partition coefficient (Wildman–Crippen LogP) is 4.44. The molecule has 0 heterocycles. The van der Waals surface area contributed by atoms with Gasteiger partial charge in [0.1, 0.15) is 11.9 Å². The summed E-state index contributed by atoms with van der Waals surface area (Å²) >= 11 is 0. The van der Waals surface area contributed by atoms with Crippen LogP contribution < -0.4 is 0 Å². The lowest BCUT2D eigenvalue weighted by atomic mass is 10.1. The van der Waals surface area contributed by atoms with Crippen LogP contribution in [0.25, 0.3) is 5.57 Å². The van der Waals surface area contributed by atoms with Gasteiger partial charge < -0.3 is 4.74 Å². The molecule has 0 aliphatic heterocycles. The van der Waals surface area contributed by atoms with Gasteiger partial charge >= 0.3 is 5.97 Å². The number of allylic oxidation sites excluding steroid dienone is 1. The summed E-state index contributed by atoms with van der Waals surface area (Å²) in [5.74, 6) is -0.985. The zero-order chi connectivity index (χ0) is 17.7. The van der Waals surface area contributed by atoms with Gasteiger partial charge in [0.15, 0.2) is 0 Å². The van der Waals surface area contributed by atoms with Crippen molar-refractivity contribution in [3.05, 3.63) is 81.7 Å². The molecule has 1 atom stereocenters. The number of nitro benzene ring substituents is 1. The highest BCUT2D eigenvalue weighted by molar-refractivity contribution is 5.91. The molecule has 0 saturated carbocycles. The third kappa shape index (κ3) is 4.25. The van der Waals surface area contributed by atoms with Crippen LogP contribution in [0.2, 0.25) is 0 Å². The lowest BCUT2D eigenvalue weighted by Crippen LogP contribution is -2.08. The van der Waals surface area contributed by atoms with E-state index in [0.29, 0.717) is 16.7 Å². The van der Waals surface area contributed by atoms with Crippen LogP contribution in [0.4, 0.5) is 10.1 Å². The molecular weight excluding hydrogens is 313 g/mol. The van der Waals surface area contributed by atoms with Gasteiger partial charge in [0.2, 0.25) is 0 Å². The Morgan fingerprint density at radius 2 is 1.83 bits per heavy atom. The number of rotatable bonds is 5. The zero-order valence-corrected chi connectivity index (χ0v) is 13.2. The van der Waals surface area contributed by atoms with Crippen molar-refractivity contribution >= 4 is 17.2 Å². The van der Waals surface area contributed by atoms with E-state index in [4.69, 9.17) is 4.74 Å². The Kier molecular flexibility index (Phi) is 5.42. The summed E-state index contributed by atoms with van der Waals surface area (Å²) < 4.78 is 18.2. The van der Waals surface area contributed by atoms with Gasteiger partial charge in [-0.2, -0.15) is 0 Å². The summed E-state index contributed by atoms with van der Waals surface area (Å²) in [6.45, 7) is 3.27. The van der Waals surface area contributed by atoms with E-state index in [-0.39, 0.29) is 11.5 Å². The highest BCUT2D eigenvalue weighted by Gasteiger charge is 2.20. The van der Waals surface area contributed by atoms with Gasteiger partial charge in [-0.15, -0.1) is 0 Å². The molecule has 1 unspecified atom stereocenters. The molecule has 124 valence electrons. The van der Waals surface area contributed by atoms with Crippen LogP contribution in [-0.2, 0) is 9.53 Å². The molecule has 0 aromatic heterocycles. The Morgan fingerprint density at radius 3 is 2.46 bits per heavy atom. The summed E-state index contributed by atoms with van der Waals surface area (Å²) in [4.78, 5) is 22.5. The second-order valence-corrected chi connectivity index (χ2v) is 5.23. The smallest absolute Gasteiger partial charge is 0.331 e. The fourth-order valence-electron chi connectivity index (χ4n) is 2.24. The average Bonchev–Trinajstić information content (AvgIpc) is 2.55. The van der Waals surface area contributed by atoms with Gasteiger partial charge in [-0.1, -0.05) is 24.3 Å². The fraction of sp³-hybridized carbons (Fsp3) is 0.167. The Morgan fingerprint density at radius 1 is 1.21 bits per heavy atom. The molecule has 5 nitrogen and oxygen atoms in total. The normalized spacial score (nSPS) is 12.5. The highest BCUT2D eigenvalue weighted by atomic mass is 19.1. The quantitative estimate of drug-likeness (QED) is 0.352. The molecule has 0 spiro atoms. The standard InChI is InChI=1S/C18H16FNO4/c1-12(14-7-9-15(19)10-8-14)11-18(21)24-13(2)16-5-3-4-6-17(16)20(22)23/h3-11,13H,1-2H3/b12-11+. The van der Waals surface area contributed by atoms with Gasteiger partial charge in [-0.3, -0.25) is 10.1 Å². The van der Waals surface area contributed by atoms with Crippen molar-refractivity contribution in [1.29, 1.82) is 0 Å². The topological polar surface area (TPSA) is 69.4 Å². The molecule has 0 N–H and O–H groups in total. The largest absolute Gasteiger partial charge is 0.454 e. The van der Waals surface area contributed by atoms with Gasteiger partial charge in [0.25, 0.3) is 5.69 Å². The summed E-state index contributed by atoms with van der Waals surface area (Å²) in [5, 5.41) is 11.0. The van der Waals surface area contributed by atoms with Crippen LogP contribution in [0.5, 0.6) is 0 Å². The number of hydrogen-bond acceptors (Lipinski definition) is 4. The van der Waals surface area contributed by atoms with E-state index in [1.165, 1.54) is 24.3 Å². The molecule has 0 fully saturated rings. The summed E-state index contributed by atoms with van der Waals surface area (Å²) in [5.41, 5.74) is 1.52. The minimum absolute atomic E-state index is 0.1000. The molecule has 0 aliphatic carbocycles. The number of carbonyl (C=O) groups is 1. The van der Waals surface area contributed by atoms with E-state index >= 15 is 0 Å². The molecule has 0 aliphatic rings. The minimum atomic E-state index is -0.767. The van der Waals surface area contributed by atoms with Crippen molar-refractivity contribution in [3.8, 4) is 0 Å². The minimum Gasteiger partial charge on any atom is -0.454 e. The SMILES string of the molecule is C/C(=C\C(=O)OC(C)c1ccccc1[N+](=O)[O-])c1ccc(F)cc1. The van der Waals surface area contributed by atoms with E-state index < -0.39 is 17.0 Å². The molecule has 2 aromatic carbocycles. The third-order valence-electron chi connectivity index (χ3n) is 3.50. The number of nitrogens with zero attached hydrogens (tertiary/aromatic N) is 1. The lowest BCUT2D eigenvalue weighted by molar-refractivity contribution is -0.386. The molecule has 0 saturated heterocycles. The number of hydrogen-bond donors (Lipinski definition) is 0. The van der Waals surface area contributed by atoms with Gasteiger partial charge in [0, 0.05) is 12.1 Å². The molecule has 0 amide bonds. The van der Waals surface area contributed by atoms with Crippen LogP contribution in [0.3, 0.4) is 0 Å². The highest BCUT2D eigenvalue weighted by Crippen LogP contribution is 2.27. The Bertz CT molecular complexity index is 784. The Balaban J connectivity index is 2.13. The van der Waals surface area contributed by atoms with E-state index in [9.17, 15) is 19.3 Å². The first-order chi connectivity index (χ1) is 11.4. The molecule has 6 heteroatoms. The molecular formula is C18H16FNO4. The van der Waals surface area contributed by atoms with Crippen LogP contribution in [0, 0.1) is 15.9 Å². The first-order valence-corrected chi connectivity index (χ1v) is 7.26. The number of carbonyl (C=O) groups excluding carboxylic acids is 1. The van der Waals surface area contributed by atoms with Crippen molar-refractivity contribution in [2.45, 2.75) is 20.0 Å². The number of benzene rings is 2. The first-order valence-electron chi connectivity index (χ1n) is 7.26. The second-order valence-electron chi connectivity index (χ2n) is 5.23. The maximum atomic E-state index is 12.9. The summed E-state index contributed by atoms with van der Waals surface area (Å²) in [6.07, 6.45) is 0.509. The van der Waals surface area contributed by atoms with Crippen molar-refractivity contribution in [2.24, 2.45) is 0 Å². The lowest BCUT2D eigenvalue weighted by Gasteiger charge is -2.12. The number of esters is 1. The van der Waals surface area contributed by atoms with E-state index in [2.05, 4.69) is 0 Å². The molecule has 2 aromatic rings. The summed E-state index contributed by atoms with van der Waals surface area (Å²) in [7, 11) is 0. The molecule has 2 rings (SSSR count). The predicted molar refractivity (Wildman–Crippen MR) is 87.7 cm³/mol. The van der Waals surface area contributed by atoms with Gasteiger partial charge in [0.05, 0.1) is 10.5 Å². The first kappa shape index (κ1) is 17.3. The third-order valence-corrected chi connectivity index (χ3v) is 3.50.